The zero-order chi connectivity index (χ0) is 16.0. The summed E-state index contributed by atoms with van der Waals surface area (Å²) in [6.45, 7) is 2.07. The van der Waals surface area contributed by atoms with Crippen LogP contribution in [0.4, 0.5) is 0 Å². The zero-order valence-electron chi connectivity index (χ0n) is 13.4. The van der Waals surface area contributed by atoms with Crippen LogP contribution in [0.15, 0.2) is 30.3 Å². The molecule has 0 saturated carbocycles. The Balaban J connectivity index is 0.00000169. The largest absolute Gasteiger partial charge is 0.504 e. The van der Waals surface area contributed by atoms with Crippen LogP contribution in [0.5, 0.6) is 11.5 Å². The first-order valence-corrected chi connectivity index (χ1v) is 8.16. The van der Waals surface area contributed by atoms with Crippen molar-refractivity contribution in [3.63, 3.8) is 0 Å². The van der Waals surface area contributed by atoms with Crippen LogP contribution in [0.3, 0.4) is 0 Å². The lowest BCUT2D eigenvalue weighted by molar-refractivity contribution is 0.175. The Labute approximate surface area is 152 Å². The molecule has 128 valence electrons. The van der Waals surface area contributed by atoms with Crippen molar-refractivity contribution < 1.29 is 15.3 Å². The van der Waals surface area contributed by atoms with Crippen LogP contribution in [0.2, 0.25) is 0 Å². The maximum absolute atomic E-state index is 10.4. The number of hydrogen-bond donors (Lipinski definition) is 3. The summed E-state index contributed by atoms with van der Waals surface area (Å²) in [6.07, 6.45) is 1.83. The number of aliphatic hydroxyl groups excluding tert-OH is 1. The minimum absolute atomic E-state index is 0. The molecule has 4 nitrogen and oxygen atoms in total. The summed E-state index contributed by atoms with van der Waals surface area (Å²) in [4.78, 5) is 2.15. The molecule has 1 heterocycles. The number of aryl methyl sites for hydroxylation is 2. The van der Waals surface area contributed by atoms with Crippen molar-refractivity contribution in [1.29, 1.82) is 0 Å². The second-order valence-electron chi connectivity index (χ2n) is 6.51. The normalized spacial score (nSPS) is 19.0. The SMILES string of the molecule is Br.OCCN1Cc2c(O)c(O)cc3c2C(C1)c1ccccc1CC3. The highest BCUT2D eigenvalue weighted by molar-refractivity contribution is 8.93. The lowest BCUT2D eigenvalue weighted by Crippen LogP contribution is -2.36. The van der Waals surface area contributed by atoms with Gasteiger partial charge >= 0.3 is 0 Å². The average molecular weight is 392 g/mol. The lowest BCUT2D eigenvalue weighted by atomic mass is 9.81. The molecule has 1 aliphatic carbocycles. The molecule has 0 aromatic heterocycles. The van der Waals surface area contributed by atoms with E-state index in [-0.39, 0.29) is 41.0 Å². The highest BCUT2D eigenvalue weighted by Crippen LogP contribution is 2.46. The predicted octanol–water partition coefficient (Wildman–Crippen LogP) is 2.71. The molecule has 4 rings (SSSR count). The molecule has 3 N–H and O–H groups in total. The summed E-state index contributed by atoms with van der Waals surface area (Å²) >= 11 is 0. The van der Waals surface area contributed by atoms with Crippen molar-refractivity contribution in [1.82, 2.24) is 4.90 Å². The molecule has 0 saturated heterocycles. The van der Waals surface area contributed by atoms with Crippen LogP contribution in [-0.2, 0) is 19.4 Å². The third kappa shape index (κ3) is 2.70. The van der Waals surface area contributed by atoms with Crippen LogP contribution in [0.1, 0.15) is 33.7 Å². The molecular weight excluding hydrogens is 370 g/mol. The van der Waals surface area contributed by atoms with Gasteiger partial charge in [-0.2, -0.15) is 0 Å². The molecule has 5 heteroatoms. The summed E-state index contributed by atoms with van der Waals surface area (Å²) in [5.41, 5.74) is 5.78. The molecule has 1 atom stereocenters. The third-order valence-electron chi connectivity index (χ3n) is 5.19. The fourth-order valence-corrected chi connectivity index (χ4v) is 4.16. The van der Waals surface area contributed by atoms with E-state index in [1.807, 2.05) is 0 Å². The molecule has 2 aliphatic rings. The number of phenols is 2. The Morgan fingerprint density at radius 1 is 1.08 bits per heavy atom. The number of aliphatic hydroxyl groups is 1. The molecule has 1 aliphatic heterocycles. The summed E-state index contributed by atoms with van der Waals surface area (Å²) in [5, 5.41) is 29.8. The first-order valence-electron chi connectivity index (χ1n) is 8.16. The zero-order valence-corrected chi connectivity index (χ0v) is 15.1. The van der Waals surface area contributed by atoms with Crippen molar-refractivity contribution in [2.45, 2.75) is 25.3 Å². The van der Waals surface area contributed by atoms with E-state index in [4.69, 9.17) is 0 Å². The Kier molecular flexibility index (Phi) is 4.85. The van der Waals surface area contributed by atoms with E-state index < -0.39 is 0 Å². The number of hydrogen-bond acceptors (Lipinski definition) is 4. The number of nitrogens with zero attached hydrogens (tertiary/aromatic N) is 1. The van der Waals surface area contributed by atoms with Crippen LogP contribution >= 0.6 is 17.0 Å². The molecule has 1 unspecified atom stereocenters. The number of benzene rings is 2. The number of phenolic OH excluding ortho intramolecular Hbond substituents is 2. The lowest BCUT2D eigenvalue weighted by Gasteiger charge is -2.36. The highest BCUT2D eigenvalue weighted by atomic mass is 79.9. The van der Waals surface area contributed by atoms with Crippen LogP contribution in [0, 0.1) is 0 Å². The van der Waals surface area contributed by atoms with E-state index in [2.05, 4.69) is 29.2 Å². The van der Waals surface area contributed by atoms with E-state index in [0.717, 1.165) is 30.5 Å². The molecular formula is C19H22BrNO3. The minimum Gasteiger partial charge on any atom is -0.504 e. The fourth-order valence-electron chi connectivity index (χ4n) is 4.16. The molecule has 0 spiro atoms. The second-order valence-corrected chi connectivity index (χ2v) is 6.51. The van der Waals surface area contributed by atoms with Gasteiger partial charge in [0.25, 0.3) is 0 Å². The number of fused-ring (bicyclic) bond motifs is 2. The van der Waals surface area contributed by atoms with Gasteiger partial charge in [-0.05, 0) is 41.2 Å². The topological polar surface area (TPSA) is 63.9 Å². The first kappa shape index (κ1) is 17.3. The fraction of sp³-hybridized carbons (Fsp3) is 0.368. The van der Waals surface area contributed by atoms with Gasteiger partial charge in [0.2, 0.25) is 0 Å². The summed E-state index contributed by atoms with van der Waals surface area (Å²) in [6, 6.07) is 10.2. The number of halogens is 1. The van der Waals surface area contributed by atoms with E-state index >= 15 is 0 Å². The quantitative estimate of drug-likeness (QED) is 0.688. The van der Waals surface area contributed by atoms with Gasteiger partial charge in [-0.25, -0.2) is 0 Å². The van der Waals surface area contributed by atoms with Crippen molar-refractivity contribution in [3.05, 3.63) is 58.1 Å². The first-order chi connectivity index (χ1) is 11.2. The van der Waals surface area contributed by atoms with E-state index in [1.54, 1.807) is 6.07 Å². The molecule has 2 aromatic rings. The predicted molar refractivity (Wildman–Crippen MR) is 98.1 cm³/mol. The van der Waals surface area contributed by atoms with Gasteiger partial charge in [0.1, 0.15) is 0 Å². The summed E-state index contributed by atoms with van der Waals surface area (Å²) in [7, 11) is 0. The van der Waals surface area contributed by atoms with Gasteiger partial charge in [-0.3, -0.25) is 4.90 Å². The van der Waals surface area contributed by atoms with Crippen molar-refractivity contribution in [3.8, 4) is 11.5 Å². The summed E-state index contributed by atoms with van der Waals surface area (Å²) < 4.78 is 0. The summed E-state index contributed by atoms with van der Waals surface area (Å²) in [5.74, 6) is 0.149. The van der Waals surface area contributed by atoms with Crippen molar-refractivity contribution in [2.75, 3.05) is 19.7 Å². The molecule has 0 amide bonds. The standard InChI is InChI=1S/C19H21NO3.BrH/c21-8-7-20-10-15-14-4-2-1-3-12(14)5-6-13-9-17(22)19(23)16(11-20)18(13)15;/h1-4,9,15,21-23H,5-8,10-11H2;1H. The smallest absolute Gasteiger partial charge is 0.162 e. The van der Waals surface area contributed by atoms with Gasteiger partial charge in [0.05, 0.1) is 6.61 Å². The van der Waals surface area contributed by atoms with E-state index in [0.29, 0.717) is 13.1 Å². The highest BCUT2D eigenvalue weighted by Gasteiger charge is 2.34. The van der Waals surface area contributed by atoms with Gasteiger partial charge in [-0.15, -0.1) is 17.0 Å². The Morgan fingerprint density at radius 2 is 1.83 bits per heavy atom. The van der Waals surface area contributed by atoms with Crippen LogP contribution in [-0.4, -0.2) is 39.9 Å². The monoisotopic (exact) mass is 391 g/mol. The third-order valence-corrected chi connectivity index (χ3v) is 5.19. The molecule has 2 aromatic carbocycles. The molecule has 0 bridgehead atoms. The van der Waals surface area contributed by atoms with E-state index in [1.165, 1.54) is 16.7 Å². The van der Waals surface area contributed by atoms with E-state index in [9.17, 15) is 15.3 Å². The number of aromatic hydroxyl groups is 2. The molecule has 0 radical (unpaired) electrons. The van der Waals surface area contributed by atoms with Gasteiger partial charge in [-0.1, -0.05) is 24.3 Å². The average Bonchev–Trinajstić information content (AvgIpc) is 2.71. The Hall–Kier alpha value is -1.56. The maximum Gasteiger partial charge on any atom is 0.162 e. The van der Waals surface area contributed by atoms with Crippen molar-refractivity contribution >= 4 is 17.0 Å². The number of β-amino-alcohol motifs (C(OH)–C–C–N with tert-alkyl or cyclic N) is 1. The van der Waals surface area contributed by atoms with Gasteiger partial charge in [0, 0.05) is 31.1 Å². The second kappa shape index (κ2) is 6.75. The number of rotatable bonds is 2. The van der Waals surface area contributed by atoms with Gasteiger partial charge < -0.3 is 15.3 Å². The van der Waals surface area contributed by atoms with Crippen LogP contribution < -0.4 is 0 Å². The van der Waals surface area contributed by atoms with Crippen molar-refractivity contribution in [2.24, 2.45) is 0 Å². The van der Waals surface area contributed by atoms with Crippen LogP contribution in [0.25, 0.3) is 0 Å². The molecule has 0 fully saturated rings. The van der Waals surface area contributed by atoms with Gasteiger partial charge in [0.15, 0.2) is 11.5 Å². The molecule has 24 heavy (non-hydrogen) atoms. The minimum atomic E-state index is -0.0331. The Bertz CT molecular complexity index is 763. The maximum atomic E-state index is 10.4. The Morgan fingerprint density at radius 3 is 2.62 bits per heavy atom.